The van der Waals surface area contributed by atoms with Gasteiger partial charge in [0.05, 0.1) is 12.2 Å². The summed E-state index contributed by atoms with van der Waals surface area (Å²) < 4.78 is 2.05. The summed E-state index contributed by atoms with van der Waals surface area (Å²) in [6.45, 7) is 8.96. The van der Waals surface area contributed by atoms with Crippen LogP contribution in [0.25, 0.3) is 0 Å². The number of nitrogens with zero attached hydrogens (tertiary/aromatic N) is 2. The summed E-state index contributed by atoms with van der Waals surface area (Å²) in [5, 5.41) is 11.2. The highest BCUT2D eigenvalue weighted by Gasteiger charge is 2.17. The molecule has 2 aromatic rings. The minimum atomic E-state index is 0. The first-order valence-corrected chi connectivity index (χ1v) is 9.61. The largest absolute Gasteiger partial charge is 0.352 e. The van der Waals surface area contributed by atoms with E-state index in [1.807, 2.05) is 6.92 Å². The molecule has 1 atom stereocenters. The van der Waals surface area contributed by atoms with Gasteiger partial charge >= 0.3 is 0 Å². The molecule has 1 aliphatic rings. The molecule has 1 amide bonds. The molecule has 1 aliphatic heterocycles. The van der Waals surface area contributed by atoms with E-state index in [1.54, 1.807) is 0 Å². The van der Waals surface area contributed by atoms with Crippen molar-refractivity contribution < 1.29 is 4.79 Å². The zero-order chi connectivity index (χ0) is 18.5. The van der Waals surface area contributed by atoms with E-state index in [2.05, 4.69) is 53.4 Å². The molecule has 0 aliphatic carbocycles. The number of halogens is 1. The van der Waals surface area contributed by atoms with E-state index < -0.39 is 0 Å². The van der Waals surface area contributed by atoms with Crippen LogP contribution in [0.1, 0.15) is 47.3 Å². The summed E-state index contributed by atoms with van der Waals surface area (Å²) >= 11 is 0. The van der Waals surface area contributed by atoms with Gasteiger partial charge < -0.3 is 10.6 Å². The summed E-state index contributed by atoms with van der Waals surface area (Å²) in [7, 11) is 0. The van der Waals surface area contributed by atoms with Crippen molar-refractivity contribution >= 4 is 18.3 Å². The molecule has 1 saturated heterocycles. The summed E-state index contributed by atoms with van der Waals surface area (Å²) in [5.41, 5.74) is 5.91. The van der Waals surface area contributed by atoms with Crippen LogP contribution in [-0.4, -0.2) is 34.8 Å². The smallest absolute Gasteiger partial charge is 0.220 e. The van der Waals surface area contributed by atoms with Crippen LogP contribution in [0.2, 0.25) is 0 Å². The number of aromatic nitrogens is 2. The van der Waals surface area contributed by atoms with Crippen molar-refractivity contribution in [2.24, 2.45) is 0 Å². The Kier molecular flexibility index (Phi) is 7.87. The molecule has 5 nitrogen and oxygen atoms in total. The van der Waals surface area contributed by atoms with Gasteiger partial charge in [-0.1, -0.05) is 29.8 Å². The van der Waals surface area contributed by atoms with Crippen LogP contribution in [-0.2, 0) is 17.8 Å². The third kappa shape index (κ3) is 5.81. The summed E-state index contributed by atoms with van der Waals surface area (Å²) in [5.74, 6) is 0.142. The van der Waals surface area contributed by atoms with Crippen LogP contribution in [0, 0.1) is 20.8 Å². The van der Waals surface area contributed by atoms with Gasteiger partial charge in [0.25, 0.3) is 0 Å². The van der Waals surface area contributed by atoms with Gasteiger partial charge in [-0.25, -0.2) is 0 Å². The molecule has 1 aromatic heterocycles. The number of carbonyl (C=O) groups is 1. The van der Waals surface area contributed by atoms with Crippen molar-refractivity contribution in [2.75, 3.05) is 13.1 Å². The first kappa shape index (κ1) is 21.5. The Bertz CT molecular complexity index is 748. The van der Waals surface area contributed by atoms with E-state index >= 15 is 0 Å². The maximum atomic E-state index is 12.3. The normalized spacial score (nSPS) is 16.6. The first-order chi connectivity index (χ1) is 12.5. The number of aryl methyl sites for hydroxylation is 2. The van der Waals surface area contributed by atoms with Gasteiger partial charge in [-0.2, -0.15) is 5.10 Å². The zero-order valence-corrected chi connectivity index (χ0v) is 17.4. The van der Waals surface area contributed by atoms with E-state index in [4.69, 9.17) is 5.10 Å². The molecule has 148 valence electrons. The van der Waals surface area contributed by atoms with Crippen LogP contribution in [0.3, 0.4) is 0 Å². The molecule has 6 heteroatoms. The van der Waals surface area contributed by atoms with E-state index in [0.29, 0.717) is 6.42 Å². The lowest BCUT2D eigenvalue weighted by molar-refractivity contribution is -0.121. The Morgan fingerprint density at radius 1 is 1.26 bits per heavy atom. The Balaban J connectivity index is 0.00000261. The van der Waals surface area contributed by atoms with Crippen molar-refractivity contribution in [1.29, 1.82) is 0 Å². The molecule has 27 heavy (non-hydrogen) atoms. The maximum Gasteiger partial charge on any atom is 0.220 e. The molecule has 0 spiro atoms. The van der Waals surface area contributed by atoms with Gasteiger partial charge in [0.15, 0.2) is 0 Å². The second-order valence-electron chi connectivity index (χ2n) is 7.40. The van der Waals surface area contributed by atoms with Crippen molar-refractivity contribution in [1.82, 2.24) is 20.4 Å². The summed E-state index contributed by atoms with van der Waals surface area (Å²) in [6.07, 6.45) is 3.48. The number of rotatable bonds is 6. The third-order valence-electron chi connectivity index (χ3n) is 5.25. The third-order valence-corrected chi connectivity index (χ3v) is 5.25. The minimum Gasteiger partial charge on any atom is -0.352 e. The highest BCUT2D eigenvalue weighted by atomic mass is 35.5. The van der Waals surface area contributed by atoms with Gasteiger partial charge in [-0.3, -0.25) is 9.48 Å². The number of nitrogens with one attached hydrogen (secondary N) is 2. The molecule has 1 fully saturated rings. The van der Waals surface area contributed by atoms with Crippen LogP contribution >= 0.6 is 12.4 Å². The van der Waals surface area contributed by atoms with Gasteiger partial charge in [-0.05, 0) is 57.7 Å². The molecular formula is C21H31ClN4O. The number of piperidine rings is 1. The van der Waals surface area contributed by atoms with Crippen LogP contribution in [0.15, 0.2) is 24.3 Å². The molecule has 0 saturated carbocycles. The van der Waals surface area contributed by atoms with Crippen LogP contribution in [0.5, 0.6) is 0 Å². The van der Waals surface area contributed by atoms with E-state index in [0.717, 1.165) is 50.3 Å². The molecule has 0 unspecified atom stereocenters. The first-order valence-electron chi connectivity index (χ1n) is 9.61. The van der Waals surface area contributed by atoms with Crippen molar-refractivity contribution in [3.8, 4) is 0 Å². The Labute approximate surface area is 168 Å². The van der Waals surface area contributed by atoms with Crippen molar-refractivity contribution in [3.63, 3.8) is 0 Å². The van der Waals surface area contributed by atoms with Crippen molar-refractivity contribution in [3.05, 3.63) is 52.3 Å². The molecule has 0 bridgehead atoms. The van der Waals surface area contributed by atoms with Gasteiger partial charge in [0.2, 0.25) is 5.91 Å². The maximum absolute atomic E-state index is 12.3. The fourth-order valence-corrected chi connectivity index (χ4v) is 3.63. The zero-order valence-electron chi connectivity index (χ0n) is 16.5. The highest BCUT2D eigenvalue weighted by molar-refractivity contribution is 5.85. The molecule has 0 radical (unpaired) electrons. The van der Waals surface area contributed by atoms with E-state index in [1.165, 1.54) is 16.7 Å². The van der Waals surface area contributed by atoms with Gasteiger partial charge in [-0.15, -0.1) is 12.4 Å². The second-order valence-corrected chi connectivity index (χ2v) is 7.40. The second kappa shape index (κ2) is 9.90. The lowest BCUT2D eigenvalue weighted by Gasteiger charge is -2.23. The Morgan fingerprint density at radius 3 is 2.67 bits per heavy atom. The Hall–Kier alpha value is -1.85. The number of hydrogen-bond acceptors (Lipinski definition) is 3. The lowest BCUT2D eigenvalue weighted by Crippen LogP contribution is -2.45. The van der Waals surface area contributed by atoms with Gasteiger partial charge in [0.1, 0.15) is 0 Å². The molecule has 3 rings (SSSR count). The molecule has 1 aromatic carbocycles. The standard InChI is InChI=1S/C21H30N4O.ClH/c1-15-6-8-18(9-7-15)14-25-17(3)20(16(2)24-25)10-11-21(26)23-19-5-4-12-22-13-19;/h6-9,19,22H,4-5,10-14H2,1-3H3,(H,23,26);1H/t19-;/m0./s1. The van der Waals surface area contributed by atoms with Crippen LogP contribution < -0.4 is 10.6 Å². The van der Waals surface area contributed by atoms with E-state index in [9.17, 15) is 4.79 Å². The average Bonchev–Trinajstić information content (AvgIpc) is 2.89. The monoisotopic (exact) mass is 390 g/mol. The predicted molar refractivity (Wildman–Crippen MR) is 112 cm³/mol. The summed E-state index contributed by atoms with van der Waals surface area (Å²) in [4.78, 5) is 12.3. The van der Waals surface area contributed by atoms with Crippen LogP contribution in [0.4, 0.5) is 0 Å². The SMILES string of the molecule is Cc1ccc(Cn2nc(C)c(CCC(=O)N[C@H]3CCCNC3)c2C)cc1.Cl. The van der Waals surface area contributed by atoms with Crippen molar-refractivity contribution in [2.45, 2.75) is 59.0 Å². The Morgan fingerprint density at radius 2 is 2.00 bits per heavy atom. The lowest BCUT2D eigenvalue weighted by atomic mass is 10.1. The molecule has 2 N–H and O–H groups in total. The fourth-order valence-electron chi connectivity index (χ4n) is 3.63. The topological polar surface area (TPSA) is 59.0 Å². The fraction of sp³-hybridized carbons (Fsp3) is 0.524. The quantitative estimate of drug-likeness (QED) is 0.796. The number of carbonyl (C=O) groups excluding carboxylic acids is 1. The minimum absolute atomic E-state index is 0. The van der Waals surface area contributed by atoms with E-state index in [-0.39, 0.29) is 24.4 Å². The van der Waals surface area contributed by atoms with Gasteiger partial charge in [0, 0.05) is 24.7 Å². The predicted octanol–water partition coefficient (Wildman–Crippen LogP) is 3.08. The molecular weight excluding hydrogens is 360 g/mol. The number of amides is 1. The average molecular weight is 391 g/mol. The number of hydrogen-bond donors (Lipinski definition) is 2. The summed E-state index contributed by atoms with van der Waals surface area (Å²) in [6, 6.07) is 8.84. The highest BCUT2D eigenvalue weighted by Crippen LogP contribution is 2.17. The molecule has 2 heterocycles. The number of benzene rings is 1.